The molecule has 0 bridgehead atoms. The molecule has 30 heavy (non-hydrogen) atoms. The maximum Gasteiger partial charge on any atom is 0.303 e. The van der Waals surface area contributed by atoms with E-state index in [0.29, 0.717) is 22.5 Å². The van der Waals surface area contributed by atoms with Gasteiger partial charge in [-0.05, 0) is 23.8 Å². The number of para-hydroxylation sites is 1. The molecular weight excluding hydrogens is 410 g/mol. The van der Waals surface area contributed by atoms with Crippen LogP contribution in [0.15, 0.2) is 53.6 Å². The summed E-state index contributed by atoms with van der Waals surface area (Å²) in [6.45, 7) is 0. The predicted molar refractivity (Wildman–Crippen MR) is 111 cm³/mol. The highest BCUT2D eigenvalue weighted by Crippen LogP contribution is 2.37. The summed E-state index contributed by atoms with van der Waals surface area (Å²) in [6, 6.07) is 12.6. The van der Waals surface area contributed by atoms with E-state index in [1.54, 1.807) is 42.5 Å². The first-order valence-electron chi connectivity index (χ1n) is 9.11. The number of carboxylic acid groups (broad SMARTS) is 1. The molecule has 9 nitrogen and oxygen atoms in total. The van der Waals surface area contributed by atoms with E-state index in [2.05, 4.69) is 9.82 Å². The summed E-state index contributed by atoms with van der Waals surface area (Å²) in [6.07, 6.45) is 0.760. The Labute approximate surface area is 173 Å². The molecule has 0 radical (unpaired) electrons. The highest BCUT2D eigenvalue weighted by Gasteiger charge is 2.34. The number of hydrogen-bond acceptors (Lipinski definition) is 6. The van der Waals surface area contributed by atoms with Crippen molar-refractivity contribution in [1.29, 1.82) is 0 Å². The summed E-state index contributed by atoms with van der Waals surface area (Å²) in [5.74, 6) is -1.57. The molecule has 0 fully saturated rings. The summed E-state index contributed by atoms with van der Waals surface area (Å²) < 4.78 is 25.4. The first-order valence-corrected chi connectivity index (χ1v) is 11.0. The van der Waals surface area contributed by atoms with Gasteiger partial charge >= 0.3 is 5.97 Å². The van der Waals surface area contributed by atoms with Crippen LogP contribution in [0.25, 0.3) is 0 Å². The number of carboxylic acids is 1. The van der Waals surface area contributed by atoms with Crippen LogP contribution in [0.1, 0.15) is 36.4 Å². The summed E-state index contributed by atoms with van der Waals surface area (Å²) in [5.41, 5.74) is 1.97. The number of rotatable bonds is 7. The van der Waals surface area contributed by atoms with Crippen LogP contribution in [0, 0.1) is 0 Å². The smallest absolute Gasteiger partial charge is 0.303 e. The van der Waals surface area contributed by atoms with Gasteiger partial charge in [0.05, 0.1) is 24.4 Å². The predicted octanol–water partition coefficient (Wildman–Crippen LogP) is 2.31. The number of amides is 1. The number of sulfonamides is 1. The molecule has 0 aliphatic carbocycles. The Bertz CT molecular complexity index is 1110. The van der Waals surface area contributed by atoms with E-state index in [1.807, 2.05) is 0 Å². The molecule has 3 rings (SSSR count). The Morgan fingerprint density at radius 2 is 1.90 bits per heavy atom. The molecule has 10 heteroatoms. The SMILES string of the molecule is CS(=O)(=O)Nc1cccc(C2=NN(C(=O)CCC(=O)O)C(c3ccccc3O)C2)c1. The van der Waals surface area contributed by atoms with E-state index in [1.165, 1.54) is 11.1 Å². The molecule has 0 saturated carbocycles. The van der Waals surface area contributed by atoms with Crippen LogP contribution in [0.5, 0.6) is 5.75 Å². The van der Waals surface area contributed by atoms with Crippen LogP contribution in [0.3, 0.4) is 0 Å². The molecule has 2 aromatic rings. The van der Waals surface area contributed by atoms with Crippen LogP contribution < -0.4 is 4.72 Å². The van der Waals surface area contributed by atoms with Gasteiger partial charge in [0.25, 0.3) is 0 Å². The Morgan fingerprint density at radius 1 is 1.17 bits per heavy atom. The largest absolute Gasteiger partial charge is 0.508 e. The van der Waals surface area contributed by atoms with Crippen molar-refractivity contribution in [2.24, 2.45) is 5.10 Å². The summed E-state index contributed by atoms with van der Waals surface area (Å²) in [7, 11) is -3.46. The van der Waals surface area contributed by atoms with Crippen LogP contribution in [-0.2, 0) is 19.6 Å². The third kappa shape index (κ3) is 5.15. The van der Waals surface area contributed by atoms with Crippen molar-refractivity contribution in [1.82, 2.24) is 5.01 Å². The number of anilines is 1. The minimum absolute atomic E-state index is 0.00229. The van der Waals surface area contributed by atoms with Crippen molar-refractivity contribution in [3.63, 3.8) is 0 Å². The van der Waals surface area contributed by atoms with Gasteiger partial charge in [-0.25, -0.2) is 13.4 Å². The van der Waals surface area contributed by atoms with Crippen molar-refractivity contribution in [3.05, 3.63) is 59.7 Å². The van der Waals surface area contributed by atoms with Gasteiger partial charge in [0.15, 0.2) is 0 Å². The average molecular weight is 431 g/mol. The molecule has 0 saturated heterocycles. The maximum atomic E-state index is 12.7. The van der Waals surface area contributed by atoms with Gasteiger partial charge < -0.3 is 10.2 Å². The maximum absolute atomic E-state index is 12.7. The zero-order valence-corrected chi connectivity index (χ0v) is 17.0. The Kier molecular flexibility index (Phi) is 6.06. The number of hydrogen-bond donors (Lipinski definition) is 3. The lowest BCUT2D eigenvalue weighted by molar-refractivity contribution is -0.141. The third-order valence-electron chi connectivity index (χ3n) is 4.51. The summed E-state index contributed by atoms with van der Waals surface area (Å²) in [4.78, 5) is 23.5. The molecule has 1 heterocycles. The minimum atomic E-state index is -3.46. The number of hydrazone groups is 1. The van der Waals surface area contributed by atoms with Crippen molar-refractivity contribution in [2.75, 3.05) is 11.0 Å². The molecule has 1 amide bonds. The molecular formula is C20H21N3O6S. The second kappa shape index (κ2) is 8.54. The van der Waals surface area contributed by atoms with E-state index in [4.69, 9.17) is 5.11 Å². The molecule has 1 aliphatic heterocycles. The monoisotopic (exact) mass is 431 g/mol. The normalized spacial score (nSPS) is 16.2. The lowest BCUT2D eigenvalue weighted by Crippen LogP contribution is -2.27. The fourth-order valence-electron chi connectivity index (χ4n) is 3.23. The fraction of sp³-hybridized carbons (Fsp3) is 0.250. The average Bonchev–Trinajstić information content (AvgIpc) is 3.10. The number of carbonyl (C=O) groups excluding carboxylic acids is 1. The van der Waals surface area contributed by atoms with Gasteiger partial charge in [-0.3, -0.25) is 14.3 Å². The van der Waals surface area contributed by atoms with Crippen molar-refractivity contribution < 1.29 is 28.2 Å². The Morgan fingerprint density at radius 3 is 2.57 bits per heavy atom. The number of aliphatic carboxylic acids is 1. The lowest BCUT2D eigenvalue weighted by Gasteiger charge is -2.22. The van der Waals surface area contributed by atoms with E-state index in [9.17, 15) is 23.1 Å². The first-order chi connectivity index (χ1) is 14.1. The Hall–Kier alpha value is -3.40. The summed E-state index contributed by atoms with van der Waals surface area (Å²) in [5, 5.41) is 24.7. The molecule has 2 aromatic carbocycles. The van der Waals surface area contributed by atoms with Crippen molar-refractivity contribution in [3.8, 4) is 5.75 Å². The zero-order valence-electron chi connectivity index (χ0n) is 16.1. The quantitative estimate of drug-likeness (QED) is 0.615. The number of aromatic hydroxyl groups is 1. The van der Waals surface area contributed by atoms with Gasteiger partial charge in [-0.15, -0.1) is 0 Å². The molecule has 3 N–H and O–H groups in total. The highest BCUT2D eigenvalue weighted by molar-refractivity contribution is 7.92. The lowest BCUT2D eigenvalue weighted by atomic mass is 9.97. The van der Waals surface area contributed by atoms with E-state index in [-0.39, 0.29) is 25.0 Å². The molecule has 1 unspecified atom stereocenters. The minimum Gasteiger partial charge on any atom is -0.508 e. The van der Waals surface area contributed by atoms with Crippen LogP contribution >= 0.6 is 0 Å². The van der Waals surface area contributed by atoms with Gasteiger partial charge in [-0.2, -0.15) is 5.10 Å². The van der Waals surface area contributed by atoms with E-state index < -0.39 is 27.9 Å². The van der Waals surface area contributed by atoms with Gasteiger partial charge in [0, 0.05) is 24.1 Å². The van der Waals surface area contributed by atoms with Crippen LogP contribution in [0.4, 0.5) is 5.69 Å². The highest BCUT2D eigenvalue weighted by atomic mass is 32.2. The first kappa shape index (κ1) is 21.3. The van der Waals surface area contributed by atoms with Gasteiger partial charge in [0.1, 0.15) is 5.75 Å². The second-order valence-corrected chi connectivity index (χ2v) is 8.66. The number of phenolic OH excluding ortho intramolecular Hbond substituents is 1. The van der Waals surface area contributed by atoms with Crippen molar-refractivity contribution in [2.45, 2.75) is 25.3 Å². The standard InChI is InChI=1S/C20H21N3O6S/c1-30(28,29)22-14-6-4-5-13(11-14)16-12-17(15-7-2-3-8-18(15)24)23(21-16)19(25)9-10-20(26)27/h2-8,11,17,22,24H,9-10,12H2,1H3,(H,26,27). The number of benzene rings is 2. The molecule has 1 aliphatic rings. The molecule has 0 spiro atoms. The van der Waals surface area contributed by atoms with Crippen LogP contribution in [-0.4, -0.2) is 47.5 Å². The third-order valence-corrected chi connectivity index (χ3v) is 5.12. The van der Waals surface area contributed by atoms with Gasteiger partial charge in [-0.1, -0.05) is 30.3 Å². The number of carbonyl (C=O) groups is 2. The van der Waals surface area contributed by atoms with Crippen molar-refractivity contribution >= 4 is 33.3 Å². The van der Waals surface area contributed by atoms with E-state index in [0.717, 1.165) is 6.26 Å². The number of phenols is 1. The second-order valence-electron chi connectivity index (χ2n) is 6.91. The fourth-order valence-corrected chi connectivity index (χ4v) is 3.79. The Balaban J connectivity index is 1.95. The number of nitrogens with zero attached hydrogens (tertiary/aromatic N) is 2. The number of nitrogens with one attached hydrogen (secondary N) is 1. The molecule has 158 valence electrons. The van der Waals surface area contributed by atoms with E-state index >= 15 is 0 Å². The molecule has 1 atom stereocenters. The van der Waals surface area contributed by atoms with Crippen LogP contribution in [0.2, 0.25) is 0 Å². The molecule has 0 aromatic heterocycles. The topological polar surface area (TPSA) is 136 Å². The van der Waals surface area contributed by atoms with Gasteiger partial charge in [0.2, 0.25) is 15.9 Å². The summed E-state index contributed by atoms with van der Waals surface area (Å²) >= 11 is 0. The zero-order chi connectivity index (χ0) is 21.9.